The topological polar surface area (TPSA) is 12.0 Å². The molecule has 0 saturated heterocycles. The van der Waals surface area contributed by atoms with E-state index in [9.17, 15) is 0 Å². The number of benzene rings is 1. The lowest BCUT2D eigenvalue weighted by atomic mass is 10.1. The number of aryl methyl sites for hydroxylation is 1. The van der Waals surface area contributed by atoms with E-state index in [4.69, 9.17) is 23.2 Å². The Kier molecular flexibility index (Phi) is 6.48. The molecule has 0 heterocycles. The summed E-state index contributed by atoms with van der Waals surface area (Å²) in [6, 6.07) is 5.68. The van der Waals surface area contributed by atoms with Gasteiger partial charge in [0, 0.05) is 15.6 Å². The Morgan fingerprint density at radius 3 is 2.44 bits per heavy atom. The summed E-state index contributed by atoms with van der Waals surface area (Å²) < 4.78 is 0. The molecule has 102 valence electrons. The van der Waals surface area contributed by atoms with Crippen LogP contribution in [0.15, 0.2) is 18.2 Å². The molecule has 0 unspecified atom stereocenters. The summed E-state index contributed by atoms with van der Waals surface area (Å²) in [5.74, 6) is 0. The highest BCUT2D eigenvalue weighted by molar-refractivity contribution is 6.33. The molecule has 0 radical (unpaired) electrons. The van der Waals surface area contributed by atoms with Gasteiger partial charge in [0.1, 0.15) is 0 Å². The van der Waals surface area contributed by atoms with Crippen LogP contribution in [0, 0.1) is 0 Å². The van der Waals surface area contributed by atoms with Crippen LogP contribution >= 0.6 is 23.2 Å². The molecule has 0 aliphatic rings. The molecule has 0 atom stereocenters. The van der Waals surface area contributed by atoms with Gasteiger partial charge < -0.3 is 5.32 Å². The van der Waals surface area contributed by atoms with Crippen molar-refractivity contribution in [1.82, 2.24) is 5.32 Å². The van der Waals surface area contributed by atoms with Gasteiger partial charge in [0.15, 0.2) is 0 Å². The van der Waals surface area contributed by atoms with E-state index >= 15 is 0 Å². The van der Waals surface area contributed by atoms with Gasteiger partial charge >= 0.3 is 0 Å². The minimum absolute atomic E-state index is 0.219. The second-order valence-electron chi connectivity index (χ2n) is 5.72. The Labute approximate surface area is 121 Å². The highest BCUT2D eigenvalue weighted by Crippen LogP contribution is 2.22. The molecule has 0 aromatic heterocycles. The van der Waals surface area contributed by atoms with E-state index in [1.165, 1.54) is 12.8 Å². The summed E-state index contributed by atoms with van der Waals surface area (Å²) >= 11 is 12.1. The van der Waals surface area contributed by atoms with Gasteiger partial charge in [-0.15, -0.1) is 0 Å². The smallest absolute Gasteiger partial charge is 0.0439 e. The molecule has 0 aliphatic heterocycles. The van der Waals surface area contributed by atoms with Gasteiger partial charge in [0.25, 0.3) is 0 Å². The van der Waals surface area contributed by atoms with Gasteiger partial charge in [-0.2, -0.15) is 0 Å². The Hall–Kier alpha value is -0.240. The standard InChI is InChI=1S/C15H23Cl2N/c1-15(2,3)18-10-6-4-5-7-12-11-13(16)8-9-14(12)17/h8-9,11,18H,4-7,10H2,1-3H3. The molecule has 0 saturated carbocycles. The van der Waals surface area contributed by atoms with E-state index in [0.29, 0.717) is 0 Å². The average molecular weight is 288 g/mol. The van der Waals surface area contributed by atoms with Crippen LogP contribution in [0.2, 0.25) is 10.0 Å². The van der Waals surface area contributed by atoms with E-state index in [2.05, 4.69) is 26.1 Å². The van der Waals surface area contributed by atoms with Crippen LogP contribution in [0.25, 0.3) is 0 Å². The zero-order valence-corrected chi connectivity index (χ0v) is 13.0. The van der Waals surface area contributed by atoms with E-state index in [-0.39, 0.29) is 5.54 Å². The summed E-state index contributed by atoms with van der Waals surface area (Å²) in [6.45, 7) is 7.66. The van der Waals surface area contributed by atoms with Crippen molar-refractivity contribution in [3.8, 4) is 0 Å². The van der Waals surface area contributed by atoms with Crippen LogP contribution < -0.4 is 5.32 Å². The zero-order valence-electron chi connectivity index (χ0n) is 11.5. The minimum Gasteiger partial charge on any atom is -0.312 e. The van der Waals surface area contributed by atoms with Gasteiger partial charge in [-0.3, -0.25) is 0 Å². The first-order chi connectivity index (χ1) is 8.38. The van der Waals surface area contributed by atoms with Crippen molar-refractivity contribution < 1.29 is 0 Å². The molecule has 0 bridgehead atoms. The van der Waals surface area contributed by atoms with Crippen LogP contribution in [0.5, 0.6) is 0 Å². The minimum atomic E-state index is 0.219. The summed E-state index contributed by atoms with van der Waals surface area (Å²) in [6.07, 6.45) is 4.59. The highest BCUT2D eigenvalue weighted by Gasteiger charge is 2.07. The van der Waals surface area contributed by atoms with Gasteiger partial charge in [0.2, 0.25) is 0 Å². The third kappa shape index (κ3) is 6.63. The highest BCUT2D eigenvalue weighted by atomic mass is 35.5. The third-order valence-electron chi connectivity index (χ3n) is 2.79. The first-order valence-electron chi connectivity index (χ1n) is 6.57. The number of hydrogen-bond donors (Lipinski definition) is 1. The number of unbranched alkanes of at least 4 members (excludes halogenated alkanes) is 2. The van der Waals surface area contributed by atoms with Crippen LogP contribution in [0.4, 0.5) is 0 Å². The predicted octanol–water partition coefficient (Wildman–Crippen LogP) is 5.09. The maximum Gasteiger partial charge on any atom is 0.0439 e. The Bertz CT molecular complexity index is 369. The Balaban J connectivity index is 2.20. The van der Waals surface area contributed by atoms with Gasteiger partial charge in [-0.25, -0.2) is 0 Å². The first-order valence-corrected chi connectivity index (χ1v) is 7.33. The molecule has 1 aromatic rings. The second-order valence-corrected chi connectivity index (χ2v) is 6.57. The monoisotopic (exact) mass is 287 g/mol. The molecule has 0 spiro atoms. The van der Waals surface area contributed by atoms with Crippen molar-refractivity contribution in [2.75, 3.05) is 6.54 Å². The lowest BCUT2D eigenvalue weighted by Gasteiger charge is -2.20. The van der Waals surface area contributed by atoms with Crippen molar-refractivity contribution in [2.24, 2.45) is 0 Å². The fourth-order valence-corrected chi connectivity index (χ4v) is 2.22. The Morgan fingerprint density at radius 1 is 1.06 bits per heavy atom. The Morgan fingerprint density at radius 2 is 1.78 bits per heavy atom. The maximum absolute atomic E-state index is 6.13. The summed E-state index contributed by atoms with van der Waals surface area (Å²) in [5.41, 5.74) is 1.38. The maximum atomic E-state index is 6.13. The molecular formula is C15H23Cl2N. The van der Waals surface area contributed by atoms with Crippen LogP contribution in [-0.2, 0) is 6.42 Å². The number of hydrogen-bond acceptors (Lipinski definition) is 1. The summed E-state index contributed by atoms with van der Waals surface area (Å²) in [5, 5.41) is 5.09. The number of rotatable bonds is 6. The molecule has 1 aromatic carbocycles. The normalized spacial score (nSPS) is 11.8. The van der Waals surface area contributed by atoms with Crippen molar-refractivity contribution in [3.63, 3.8) is 0 Å². The van der Waals surface area contributed by atoms with Crippen LogP contribution in [-0.4, -0.2) is 12.1 Å². The summed E-state index contributed by atoms with van der Waals surface area (Å²) in [7, 11) is 0. The molecule has 18 heavy (non-hydrogen) atoms. The van der Waals surface area contributed by atoms with E-state index in [1.807, 2.05) is 18.2 Å². The van der Waals surface area contributed by atoms with Crippen LogP contribution in [0.1, 0.15) is 45.6 Å². The van der Waals surface area contributed by atoms with E-state index < -0.39 is 0 Å². The lowest BCUT2D eigenvalue weighted by molar-refractivity contribution is 0.417. The van der Waals surface area contributed by atoms with E-state index in [0.717, 1.165) is 35.0 Å². The van der Waals surface area contributed by atoms with Crippen molar-refractivity contribution in [1.29, 1.82) is 0 Å². The van der Waals surface area contributed by atoms with Crippen molar-refractivity contribution >= 4 is 23.2 Å². The third-order valence-corrected chi connectivity index (χ3v) is 3.39. The quantitative estimate of drug-likeness (QED) is 0.718. The second kappa shape index (κ2) is 7.37. The average Bonchev–Trinajstić information content (AvgIpc) is 2.26. The van der Waals surface area contributed by atoms with Gasteiger partial charge in [0.05, 0.1) is 0 Å². The number of halogens is 2. The molecule has 0 fully saturated rings. The molecule has 1 nitrogen and oxygen atoms in total. The number of nitrogens with one attached hydrogen (secondary N) is 1. The first kappa shape index (κ1) is 15.8. The molecule has 1 N–H and O–H groups in total. The summed E-state index contributed by atoms with van der Waals surface area (Å²) in [4.78, 5) is 0. The fourth-order valence-electron chi connectivity index (χ4n) is 1.82. The molecule has 1 rings (SSSR count). The van der Waals surface area contributed by atoms with E-state index in [1.54, 1.807) is 0 Å². The molecule has 3 heteroatoms. The lowest BCUT2D eigenvalue weighted by Crippen LogP contribution is -2.36. The predicted molar refractivity (Wildman–Crippen MR) is 81.8 cm³/mol. The fraction of sp³-hybridized carbons (Fsp3) is 0.600. The van der Waals surface area contributed by atoms with Crippen LogP contribution in [0.3, 0.4) is 0 Å². The molecule has 0 aliphatic carbocycles. The van der Waals surface area contributed by atoms with Crippen molar-refractivity contribution in [3.05, 3.63) is 33.8 Å². The van der Waals surface area contributed by atoms with Crippen molar-refractivity contribution in [2.45, 2.75) is 52.0 Å². The van der Waals surface area contributed by atoms with Gasteiger partial charge in [-0.05, 0) is 70.3 Å². The molecule has 0 amide bonds. The van der Waals surface area contributed by atoms with Gasteiger partial charge in [-0.1, -0.05) is 29.6 Å². The zero-order chi connectivity index (χ0) is 13.6. The SMILES string of the molecule is CC(C)(C)NCCCCCc1cc(Cl)ccc1Cl. The largest absolute Gasteiger partial charge is 0.312 e. The molecular weight excluding hydrogens is 265 g/mol.